The average molecular weight is 309 g/mol. The van der Waals surface area contributed by atoms with Crippen molar-refractivity contribution in [3.63, 3.8) is 0 Å². The molecule has 0 aliphatic carbocycles. The van der Waals surface area contributed by atoms with Gasteiger partial charge in [-0.15, -0.1) is 12.4 Å². The molecule has 0 aliphatic rings. The van der Waals surface area contributed by atoms with Gasteiger partial charge in [-0.3, -0.25) is 0 Å². The highest BCUT2D eigenvalue weighted by molar-refractivity contribution is 9.10. The summed E-state index contributed by atoms with van der Waals surface area (Å²) >= 11 is 3.31. The molecule has 0 fully saturated rings. The van der Waals surface area contributed by atoms with Crippen molar-refractivity contribution in [1.29, 1.82) is 0 Å². The average Bonchev–Trinajstić information content (AvgIpc) is 2.14. The zero-order valence-electron chi connectivity index (χ0n) is 9.61. The molecule has 0 saturated heterocycles. The highest BCUT2D eigenvalue weighted by Crippen LogP contribution is 2.29. The number of hydrogen-bond donors (Lipinski definition) is 2. The first-order chi connectivity index (χ1) is 7.00. The third kappa shape index (κ3) is 4.73. The largest absolute Gasteiger partial charge is 0.508 e. The van der Waals surface area contributed by atoms with Crippen LogP contribution in [-0.4, -0.2) is 5.11 Å². The zero-order chi connectivity index (χ0) is 11.4. The van der Waals surface area contributed by atoms with Gasteiger partial charge in [0.15, 0.2) is 0 Å². The molecule has 1 aromatic rings. The van der Waals surface area contributed by atoms with Crippen molar-refractivity contribution < 1.29 is 5.11 Å². The highest BCUT2D eigenvalue weighted by atomic mass is 79.9. The third-order valence-electron chi connectivity index (χ3n) is 2.45. The van der Waals surface area contributed by atoms with Gasteiger partial charge < -0.3 is 10.8 Å². The van der Waals surface area contributed by atoms with E-state index in [4.69, 9.17) is 5.73 Å². The van der Waals surface area contributed by atoms with E-state index in [2.05, 4.69) is 29.8 Å². The molecule has 0 bridgehead atoms. The Morgan fingerprint density at radius 2 is 1.94 bits per heavy atom. The summed E-state index contributed by atoms with van der Waals surface area (Å²) in [7, 11) is 0. The predicted molar refractivity (Wildman–Crippen MR) is 74.1 cm³/mol. The lowest BCUT2D eigenvalue weighted by atomic mass is 9.98. The molecule has 0 aromatic heterocycles. The van der Waals surface area contributed by atoms with Crippen LogP contribution in [0.4, 0.5) is 0 Å². The topological polar surface area (TPSA) is 46.2 Å². The lowest BCUT2D eigenvalue weighted by Gasteiger charge is -2.15. The van der Waals surface area contributed by atoms with Crippen molar-refractivity contribution in [2.75, 3.05) is 0 Å². The van der Waals surface area contributed by atoms with E-state index in [0.29, 0.717) is 5.92 Å². The molecule has 1 aromatic carbocycles. The minimum atomic E-state index is -0.0690. The maximum atomic E-state index is 9.72. The summed E-state index contributed by atoms with van der Waals surface area (Å²) in [4.78, 5) is 0. The van der Waals surface area contributed by atoms with Crippen LogP contribution in [0, 0.1) is 5.92 Å². The van der Waals surface area contributed by atoms with Gasteiger partial charge in [0.1, 0.15) is 5.75 Å². The van der Waals surface area contributed by atoms with Crippen LogP contribution in [0.25, 0.3) is 0 Å². The maximum absolute atomic E-state index is 9.72. The molecule has 0 saturated carbocycles. The molecule has 0 heterocycles. The zero-order valence-corrected chi connectivity index (χ0v) is 12.0. The Morgan fingerprint density at radius 3 is 2.44 bits per heavy atom. The summed E-state index contributed by atoms with van der Waals surface area (Å²) in [6.07, 6.45) is 1.99. The van der Waals surface area contributed by atoms with Gasteiger partial charge in [-0.2, -0.15) is 0 Å². The summed E-state index contributed by atoms with van der Waals surface area (Å²) in [6.45, 7) is 4.35. The first kappa shape index (κ1) is 15.8. The van der Waals surface area contributed by atoms with Crippen LogP contribution in [0.15, 0.2) is 22.7 Å². The number of rotatable bonds is 4. The standard InChI is InChI=1S/C12H18BrNO.ClH/c1-8(2)3-6-11(14)10-5-4-9(13)7-12(10)15;/h4-5,7-8,11,15H,3,6,14H2,1-2H3;1H/t11-;/m0./s1. The van der Waals surface area contributed by atoms with E-state index in [-0.39, 0.29) is 24.2 Å². The van der Waals surface area contributed by atoms with Gasteiger partial charge in [0.2, 0.25) is 0 Å². The molecule has 1 rings (SSSR count). The number of phenols is 1. The summed E-state index contributed by atoms with van der Waals surface area (Å²) in [5.41, 5.74) is 6.85. The van der Waals surface area contributed by atoms with Crippen LogP contribution in [0.5, 0.6) is 5.75 Å². The summed E-state index contributed by atoms with van der Waals surface area (Å²) in [5, 5.41) is 9.72. The Bertz CT molecular complexity index is 331. The first-order valence-electron chi connectivity index (χ1n) is 5.24. The molecule has 0 aliphatic heterocycles. The number of halogens is 2. The van der Waals surface area contributed by atoms with Crippen molar-refractivity contribution in [2.45, 2.75) is 32.7 Å². The van der Waals surface area contributed by atoms with Gasteiger partial charge in [0, 0.05) is 16.1 Å². The van der Waals surface area contributed by atoms with E-state index in [1.807, 2.05) is 12.1 Å². The lowest BCUT2D eigenvalue weighted by molar-refractivity contribution is 0.448. The van der Waals surface area contributed by atoms with E-state index in [1.54, 1.807) is 6.07 Å². The summed E-state index contributed by atoms with van der Waals surface area (Å²) in [5.74, 6) is 0.925. The van der Waals surface area contributed by atoms with Crippen LogP contribution in [0.1, 0.15) is 38.3 Å². The van der Waals surface area contributed by atoms with Crippen molar-refractivity contribution in [3.8, 4) is 5.75 Å². The van der Waals surface area contributed by atoms with E-state index < -0.39 is 0 Å². The van der Waals surface area contributed by atoms with Gasteiger partial charge in [-0.05, 0) is 30.9 Å². The van der Waals surface area contributed by atoms with Gasteiger partial charge >= 0.3 is 0 Å². The molecule has 3 N–H and O–H groups in total. The second-order valence-electron chi connectivity index (χ2n) is 4.28. The Balaban J connectivity index is 0.00000225. The van der Waals surface area contributed by atoms with Crippen LogP contribution < -0.4 is 5.73 Å². The minimum absolute atomic E-state index is 0. The first-order valence-corrected chi connectivity index (χ1v) is 6.04. The van der Waals surface area contributed by atoms with E-state index >= 15 is 0 Å². The van der Waals surface area contributed by atoms with Crippen LogP contribution in [0.2, 0.25) is 0 Å². The summed E-state index contributed by atoms with van der Waals surface area (Å²) in [6, 6.07) is 5.40. The molecule has 0 radical (unpaired) electrons. The maximum Gasteiger partial charge on any atom is 0.121 e. The fourth-order valence-electron chi connectivity index (χ4n) is 1.50. The smallest absolute Gasteiger partial charge is 0.121 e. The molecule has 16 heavy (non-hydrogen) atoms. The highest BCUT2D eigenvalue weighted by Gasteiger charge is 2.11. The number of aromatic hydroxyl groups is 1. The SMILES string of the molecule is CC(C)CC[C@H](N)c1ccc(Br)cc1O.Cl. The second kappa shape index (κ2) is 7.15. The van der Waals surface area contributed by atoms with Gasteiger partial charge in [-0.1, -0.05) is 35.8 Å². The number of benzene rings is 1. The molecule has 2 nitrogen and oxygen atoms in total. The molecule has 0 unspecified atom stereocenters. The van der Waals surface area contributed by atoms with Crippen LogP contribution in [0.3, 0.4) is 0 Å². The fourth-order valence-corrected chi connectivity index (χ4v) is 1.85. The molecule has 0 amide bonds. The summed E-state index contributed by atoms with van der Waals surface area (Å²) < 4.78 is 0.875. The van der Waals surface area contributed by atoms with Gasteiger partial charge in [0.05, 0.1) is 0 Å². The van der Waals surface area contributed by atoms with Crippen LogP contribution >= 0.6 is 28.3 Å². The van der Waals surface area contributed by atoms with Crippen LogP contribution in [-0.2, 0) is 0 Å². The van der Waals surface area contributed by atoms with E-state index in [0.717, 1.165) is 22.9 Å². The van der Waals surface area contributed by atoms with Crippen molar-refractivity contribution in [2.24, 2.45) is 11.7 Å². The Kier molecular flexibility index (Phi) is 7.04. The normalized spacial score (nSPS) is 12.3. The Hall–Kier alpha value is -0.250. The molecule has 0 spiro atoms. The van der Waals surface area contributed by atoms with Crippen molar-refractivity contribution in [3.05, 3.63) is 28.2 Å². The Labute approximate surface area is 112 Å². The number of nitrogens with two attached hydrogens (primary N) is 1. The fraction of sp³-hybridized carbons (Fsp3) is 0.500. The van der Waals surface area contributed by atoms with Crippen molar-refractivity contribution in [1.82, 2.24) is 0 Å². The van der Waals surface area contributed by atoms with Gasteiger partial charge in [-0.25, -0.2) is 0 Å². The molecule has 92 valence electrons. The molecule has 1 atom stereocenters. The molecular formula is C12H19BrClNO. The van der Waals surface area contributed by atoms with E-state index in [1.165, 1.54) is 0 Å². The number of phenolic OH excluding ortho intramolecular Hbond substituents is 1. The van der Waals surface area contributed by atoms with Crippen molar-refractivity contribution >= 4 is 28.3 Å². The predicted octanol–water partition coefficient (Wildman–Crippen LogP) is 4.01. The number of hydrogen-bond acceptors (Lipinski definition) is 2. The second-order valence-corrected chi connectivity index (χ2v) is 5.20. The third-order valence-corrected chi connectivity index (χ3v) is 2.94. The minimum Gasteiger partial charge on any atom is -0.508 e. The lowest BCUT2D eigenvalue weighted by Crippen LogP contribution is -2.11. The quantitative estimate of drug-likeness (QED) is 0.882. The Morgan fingerprint density at radius 1 is 1.31 bits per heavy atom. The molecular weight excluding hydrogens is 289 g/mol. The molecule has 4 heteroatoms. The monoisotopic (exact) mass is 307 g/mol. The van der Waals surface area contributed by atoms with Gasteiger partial charge in [0.25, 0.3) is 0 Å². The van der Waals surface area contributed by atoms with E-state index in [9.17, 15) is 5.11 Å².